The zero-order valence-electron chi connectivity index (χ0n) is 25.2. The third-order valence-electron chi connectivity index (χ3n) is 7.14. The van der Waals surface area contributed by atoms with Crippen molar-refractivity contribution in [3.8, 4) is 11.5 Å². The number of anilines is 1. The number of benzene rings is 3. The average molecular weight is 596 g/mol. The van der Waals surface area contributed by atoms with Crippen molar-refractivity contribution >= 4 is 27.5 Å². The summed E-state index contributed by atoms with van der Waals surface area (Å²) in [5, 5.41) is 2.98. The number of nitrogens with zero attached hydrogens (tertiary/aromatic N) is 2. The molecule has 2 amide bonds. The Labute approximate surface area is 249 Å². The van der Waals surface area contributed by atoms with Crippen molar-refractivity contribution < 1.29 is 27.5 Å². The van der Waals surface area contributed by atoms with E-state index in [0.29, 0.717) is 12.2 Å². The van der Waals surface area contributed by atoms with Gasteiger partial charge in [0.05, 0.1) is 24.8 Å². The number of sulfonamides is 1. The van der Waals surface area contributed by atoms with E-state index in [2.05, 4.69) is 5.32 Å². The summed E-state index contributed by atoms with van der Waals surface area (Å²) in [4.78, 5) is 29.1. The molecule has 0 radical (unpaired) electrons. The molecular formula is C32H41N3O6S. The number of hydrogen-bond donors (Lipinski definition) is 1. The van der Waals surface area contributed by atoms with E-state index in [0.717, 1.165) is 21.9 Å². The lowest BCUT2D eigenvalue weighted by Gasteiger charge is -2.34. The van der Waals surface area contributed by atoms with Crippen LogP contribution in [0.4, 0.5) is 5.69 Å². The number of hydrogen-bond acceptors (Lipinski definition) is 6. The van der Waals surface area contributed by atoms with Crippen LogP contribution in [0.25, 0.3) is 0 Å². The maximum absolute atomic E-state index is 14.2. The quantitative estimate of drug-likeness (QED) is 0.283. The topological polar surface area (TPSA) is 105 Å². The summed E-state index contributed by atoms with van der Waals surface area (Å²) < 4.78 is 39.9. The Morgan fingerprint density at radius 1 is 0.881 bits per heavy atom. The Balaban J connectivity index is 2.09. The van der Waals surface area contributed by atoms with Crippen LogP contribution in [0.3, 0.4) is 0 Å². The highest BCUT2D eigenvalue weighted by Crippen LogP contribution is 2.33. The van der Waals surface area contributed by atoms with Crippen molar-refractivity contribution in [2.24, 2.45) is 0 Å². The average Bonchev–Trinajstić information content (AvgIpc) is 3.00. The normalized spacial score (nSPS) is 12.6. The van der Waals surface area contributed by atoms with Crippen molar-refractivity contribution in [3.63, 3.8) is 0 Å². The Hall–Kier alpha value is -4.05. The van der Waals surface area contributed by atoms with Crippen LogP contribution < -0.4 is 19.1 Å². The van der Waals surface area contributed by atoms with Crippen molar-refractivity contribution in [1.29, 1.82) is 0 Å². The minimum atomic E-state index is -4.24. The first-order chi connectivity index (χ1) is 20.0. The van der Waals surface area contributed by atoms with E-state index >= 15 is 0 Å². The van der Waals surface area contributed by atoms with E-state index in [1.54, 1.807) is 36.4 Å². The monoisotopic (exact) mass is 595 g/mol. The molecule has 3 rings (SSSR count). The minimum absolute atomic E-state index is 0.0198. The summed E-state index contributed by atoms with van der Waals surface area (Å²) in [5.41, 5.74) is 2.09. The van der Waals surface area contributed by atoms with Gasteiger partial charge in [-0.25, -0.2) is 8.42 Å². The van der Waals surface area contributed by atoms with Crippen LogP contribution >= 0.6 is 0 Å². The first-order valence-electron chi connectivity index (χ1n) is 14.0. The van der Waals surface area contributed by atoms with Crippen LogP contribution in [-0.2, 0) is 26.2 Å². The number of aryl methyl sites for hydroxylation is 1. The van der Waals surface area contributed by atoms with Crippen molar-refractivity contribution in [2.75, 3.05) is 25.1 Å². The van der Waals surface area contributed by atoms with Gasteiger partial charge in [-0.3, -0.25) is 13.9 Å². The molecule has 0 spiro atoms. The second-order valence-electron chi connectivity index (χ2n) is 10.1. The molecule has 0 aromatic heterocycles. The number of para-hydroxylation sites is 2. The first-order valence-corrected chi connectivity index (χ1v) is 15.4. The van der Waals surface area contributed by atoms with Crippen molar-refractivity contribution in [1.82, 2.24) is 10.2 Å². The highest BCUT2D eigenvalue weighted by atomic mass is 32.2. The van der Waals surface area contributed by atoms with E-state index in [9.17, 15) is 18.0 Å². The van der Waals surface area contributed by atoms with E-state index in [1.165, 1.54) is 31.3 Å². The number of amides is 2. The molecule has 3 aromatic carbocycles. The molecule has 2 unspecified atom stereocenters. The SMILES string of the molecule is CCC(C)NC(=O)C(CC)N(Cc1ccc(C)cc1)C(=O)CN(c1ccccc1OC)S(=O)(=O)c1ccc(OC)cc1. The Morgan fingerprint density at radius 2 is 1.52 bits per heavy atom. The first kappa shape index (κ1) is 32.5. The molecule has 0 aliphatic heterocycles. The molecule has 0 aliphatic carbocycles. The Bertz CT molecular complexity index is 1440. The van der Waals surface area contributed by atoms with Gasteiger partial charge >= 0.3 is 0 Å². The fourth-order valence-electron chi connectivity index (χ4n) is 4.47. The number of rotatable bonds is 14. The highest BCUT2D eigenvalue weighted by molar-refractivity contribution is 7.92. The van der Waals surface area contributed by atoms with Crippen molar-refractivity contribution in [2.45, 2.75) is 64.1 Å². The maximum Gasteiger partial charge on any atom is 0.264 e. The van der Waals surface area contributed by atoms with Crippen molar-refractivity contribution in [3.05, 3.63) is 83.9 Å². The van der Waals surface area contributed by atoms with E-state index in [1.807, 2.05) is 52.0 Å². The smallest absolute Gasteiger partial charge is 0.264 e. The van der Waals surface area contributed by atoms with Gasteiger partial charge in [0, 0.05) is 12.6 Å². The molecule has 9 nitrogen and oxygen atoms in total. The second kappa shape index (κ2) is 14.7. The molecule has 2 atom stereocenters. The van der Waals surface area contributed by atoms with Crippen LogP contribution in [0.1, 0.15) is 44.7 Å². The molecule has 0 fully saturated rings. The third kappa shape index (κ3) is 7.82. The number of carbonyl (C=O) groups excluding carboxylic acids is 2. The van der Waals surface area contributed by atoms with Gasteiger partial charge in [0.2, 0.25) is 11.8 Å². The standard InChI is InChI=1S/C32H41N3O6S/c1-7-24(4)33-32(37)28(8-2)34(21-25-15-13-23(3)14-16-25)31(36)22-35(29-11-9-10-12-30(29)41-6)42(38,39)27-19-17-26(40-5)18-20-27/h9-20,24,28H,7-8,21-22H2,1-6H3,(H,33,37). The Kier molecular flexibility index (Phi) is 11.4. The van der Waals surface area contributed by atoms with E-state index in [-0.39, 0.29) is 34.8 Å². The highest BCUT2D eigenvalue weighted by Gasteiger charge is 2.35. The summed E-state index contributed by atoms with van der Waals surface area (Å²) in [6.45, 7) is 7.26. The van der Waals surface area contributed by atoms with Gasteiger partial charge in [0.1, 0.15) is 24.1 Å². The molecule has 0 bridgehead atoms. The van der Waals surface area contributed by atoms with Gasteiger partial charge in [0.15, 0.2) is 0 Å². The van der Waals surface area contributed by atoms with Crippen LogP contribution in [0.5, 0.6) is 11.5 Å². The molecule has 0 saturated carbocycles. The second-order valence-corrected chi connectivity index (χ2v) is 12.0. The summed E-state index contributed by atoms with van der Waals surface area (Å²) >= 11 is 0. The lowest BCUT2D eigenvalue weighted by molar-refractivity contribution is -0.140. The van der Waals surface area contributed by atoms with E-state index < -0.39 is 28.5 Å². The van der Waals surface area contributed by atoms with Crippen LogP contribution in [0.15, 0.2) is 77.7 Å². The van der Waals surface area contributed by atoms with Gasteiger partial charge in [-0.1, -0.05) is 55.8 Å². The molecule has 0 aliphatic rings. The fraction of sp³-hybridized carbons (Fsp3) is 0.375. The molecule has 226 valence electrons. The third-order valence-corrected chi connectivity index (χ3v) is 8.91. The van der Waals surface area contributed by atoms with Gasteiger partial charge in [-0.05, 0) is 68.7 Å². The molecule has 1 N–H and O–H groups in total. The zero-order chi connectivity index (χ0) is 30.9. The lowest BCUT2D eigenvalue weighted by Crippen LogP contribution is -2.53. The molecular weight excluding hydrogens is 554 g/mol. The van der Waals surface area contributed by atoms with Gasteiger partial charge in [0.25, 0.3) is 10.0 Å². The predicted octanol–water partition coefficient (Wildman–Crippen LogP) is 4.93. The van der Waals surface area contributed by atoms with Crippen LogP contribution in [0.2, 0.25) is 0 Å². The maximum atomic E-state index is 14.2. The van der Waals surface area contributed by atoms with Gasteiger partial charge in [-0.2, -0.15) is 0 Å². The predicted molar refractivity (Wildman–Crippen MR) is 164 cm³/mol. The van der Waals surface area contributed by atoms with Crippen LogP contribution in [-0.4, -0.2) is 58.0 Å². The molecule has 0 saturated heterocycles. The van der Waals surface area contributed by atoms with E-state index in [4.69, 9.17) is 9.47 Å². The molecule has 3 aromatic rings. The molecule has 42 heavy (non-hydrogen) atoms. The number of ether oxygens (including phenoxy) is 2. The minimum Gasteiger partial charge on any atom is -0.497 e. The number of nitrogens with one attached hydrogen (secondary N) is 1. The molecule has 0 heterocycles. The van der Waals surface area contributed by atoms with Gasteiger partial charge < -0.3 is 19.7 Å². The Morgan fingerprint density at radius 3 is 2.10 bits per heavy atom. The zero-order valence-corrected chi connectivity index (χ0v) is 26.0. The van der Waals surface area contributed by atoms with Gasteiger partial charge in [-0.15, -0.1) is 0 Å². The summed E-state index contributed by atoms with van der Waals surface area (Å²) in [6.07, 6.45) is 1.08. The lowest BCUT2D eigenvalue weighted by atomic mass is 10.1. The number of methoxy groups -OCH3 is 2. The fourth-order valence-corrected chi connectivity index (χ4v) is 5.90. The summed E-state index contributed by atoms with van der Waals surface area (Å²) in [5.74, 6) is -0.0239. The largest absolute Gasteiger partial charge is 0.497 e. The molecule has 10 heteroatoms. The number of carbonyl (C=O) groups is 2. The van der Waals surface area contributed by atoms with Crippen LogP contribution in [0, 0.1) is 6.92 Å². The summed E-state index contributed by atoms with van der Waals surface area (Å²) in [6, 6.07) is 19.4. The summed E-state index contributed by atoms with van der Waals surface area (Å²) in [7, 11) is -1.31.